The molecular formula is C16H19N5O. The molecule has 6 heteroatoms. The van der Waals surface area contributed by atoms with E-state index in [0.29, 0.717) is 17.4 Å². The Hall–Kier alpha value is -2.39. The van der Waals surface area contributed by atoms with Crippen molar-refractivity contribution in [2.24, 2.45) is 5.92 Å². The van der Waals surface area contributed by atoms with Crippen molar-refractivity contribution in [3.8, 4) is 6.07 Å². The maximum absolute atomic E-state index is 10.3. The number of nitrogens with zero attached hydrogens (tertiary/aromatic N) is 4. The summed E-state index contributed by atoms with van der Waals surface area (Å²) in [7, 11) is 0. The largest absolute Gasteiger partial charge is 0.391 e. The molecule has 1 aliphatic rings. The smallest absolute Gasteiger partial charge is 0.143 e. The molecule has 22 heavy (non-hydrogen) atoms. The van der Waals surface area contributed by atoms with Gasteiger partial charge in [0.05, 0.1) is 18.5 Å². The summed E-state index contributed by atoms with van der Waals surface area (Å²) in [6, 6.07) is 5.67. The maximum atomic E-state index is 10.3. The molecule has 2 heterocycles. The number of aliphatic hydroxyl groups is 1. The van der Waals surface area contributed by atoms with E-state index in [9.17, 15) is 5.11 Å². The topological polar surface area (TPSA) is 86.8 Å². The van der Waals surface area contributed by atoms with Crippen molar-refractivity contribution in [1.29, 1.82) is 5.26 Å². The number of aliphatic hydroxyl groups excluding tert-OH is 1. The fourth-order valence-electron chi connectivity index (χ4n) is 3.10. The molecule has 6 nitrogen and oxygen atoms in total. The number of anilines is 1. The minimum atomic E-state index is -0.402. The van der Waals surface area contributed by atoms with Crippen molar-refractivity contribution in [3.05, 3.63) is 42.1 Å². The van der Waals surface area contributed by atoms with Crippen LogP contribution in [0.25, 0.3) is 0 Å². The number of nitriles is 1. The Bertz CT molecular complexity index is 676. The van der Waals surface area contributed by atoms with E-state index in [-0.39, 0.29) is 6.04 Å². The van der Waals surface area contributed by atoms with Crippen molar-refractivity contribution < 1.29 is 5.11 Å². The molecule has 0 spiro atoms. The van der Waals surface area contributed by atoms with Crippen LogP contribution in [-0.4, -0.2) is 31.8 Å². The first-order chi connectivity index (χ1) is 10.6. The average Bonchev–Trinajstić information content (AvgIpc) is 3.09. The highest BCUT2D eigenvalue weighted by Gasteiger charge is 2.33. The van der Waals surface area contributed by atoms with E-state index in [4.69, 9.17) is 5.26 Å². The summed E-state index contributed by atoms with van der Waals surface area (Å²) in [6.07, 6.45) is 6.73. The number of nitrogens with one attached hydrogen (secondary N) is 1. The number of rotatable bonds is 4. The zero-order chi connectivity index (χ0) is 15.5. The highest BCUT2D eigenvalue weighted by Crippen LogP contribution is 2.29. The normalized spacial score (nSPS) is 24.1. The third-order valence-electron chi connectivity index (χ3n) is 4.07. The SMILES string of the molecule is Cc1cc(C#N)nc(N[C@@H]2CC(Cn3ccnc3)C[C@H]2O)c1. The number of aryl methyl sites for hydroxylation is 1. The fourth-order valence-corrected chi connectivity index (χ4v) is 3.10. The second-order valence-corrected chi connectivity index (χ2v) is 5.94. The number of hydrogen-bond acceptors (Lipinski definition) is 5. The van der Waals surface area contributed by atoms with E-state index in [1.165, 1.54) is 0 Å². The Kier molecular flexibility index (Phi) is 4.07. The van der Waals surface area contributed by atoms with Crippen LogP contribution in [-0.2, 0) is 6.54 Å². The van der Waals surface area contributed by atoms with Gasteiger partial charge in [-0.25, -0.2) is 9.97 Å². The minimum absolute atomic E-state index is 0.0330. The first-order valence-electron chi connectivity index (χ1n) is 7.43. The zero-order valence-electron chi connectivity index (χ0n) is 12.5. The van der Waals surface area contributed by atoms with Crippen LogP contribution in [0.5, 0.6) is 0 Å². The summed E-state index contributed by atoms with van der Waals surface area (Å²) in [5, 5.41) is 22.5. The molecular weight excluding hydrogens is 278 g/mol. The molecule has 1 aliphatic carbocycles. The Morgan fingerprint density at radius 2 is 2.32 bits per heavy atom. The third kappa shape index (κ3) is 3.26. The minimum Gasteiger partial charge on any atom is -0.391 e. The van der Waals surface area contributed by atoms with Crippen LogP contribution in [0.15, 0.2) is 30.9 Å². The highest BCUT2D eigenvalue weighted by molar-refractivity contribution is 5.43. The molecule has 0 saturated heterocycles. The van der Waals surface area contributed by atoms with Gasteiger partial charge in [-0.15, -0.1) is 0 Å². The van der Waals surface area contributed by atoms with Crippen molar-refractivity contribution >= 4 is 5.82 Å². The second-order valence-electron chi connectivity index (χ2n) is 5.94. The standard InChI is InChI=1S/C16H19N5O/c1-11-4-13(8-17)19-16(5-11)20-14-6-12(7-15(14)22)9-21-3-2-18-10-21/h2-5,10,12,14-15,22H,6-7,9H2,1H3,(H,19,20)/t12?,14-,15-/m1/s1. The molecule has 2 aromatic rings. The Morgan fingerprint density at radius 3 is 3.05 bits per heavy atom. The predicted molar refractivity (Wildman–Crippen MR) is 82.1 cm³/mol. The molecule has 0 aromatic carbocycles. The van der Waals surface area contributed by atoms with Gasteiger partial charge < -0.3 is 15.0 Å². The van der Waals surface area contributed by atoms with Crippen molar-refractivity contribution in [1.82, 2.24) is 14.5 Å². The number of pyridine rings is 1. The third-order valence-corrected chi connectivity index (χ3v) is 4.07. The van der Waals surface area contributed by atoms with Gasteiger partial charge in [0.1, 0.15) is 17.6 Å². The molecule has 0 radical (unpaired) electrons. The highest BCUT2D eigenvalue weighted by atomic mass is 16.3. The molecule has 0 amide bonds. The van der Waals surface area contributed by atoms with Gasteiger partial charge in [0.25, 0.3) is 0 Å². The van der Waals surface area contributed by atoms with Crippen molar-refractivity contribution in [3.63, 3.8) is 0 Å². The Balaban J connectivity index is 1.66. The molecule has 1 fully saturated rings. The van der Waals surface area contributed by atoms with E-state index in [0.717, 1.165) is 24.9 Å². The number of hydrogen-bond donors (Lipinski definition) is 2. The van der Waals surface area contributed by atoms with Gasteiger partial charge in [-0.05, 0) is 43.4 Å². The lowest BCUT2D eigenvalue weighted by Gasteiger charge is -2.17. The van der Waals surface area contributed by atoms with E-state index in [1.807, 2.05) is 23.8 Å². The molecule has 3 rings (SSSR count). The molecule has 0 bridgehead atoms. The van der Waals surface area contributed by atoms with Crippen LogP contribution < -0.4 is 5.32 Å². The van der Waals surface area contributed by atoms with Crippen molar-refractivity contribution in [2.75, 3.05) is 5.32 Å². The summed E-state index contributed by atoms with van der Waals surface area (Å²) in [5.41, 5.74) is 1.38. The van der Waals surface area contributed by atoms with Crippen LogP contribution in [0.1, 0.15) is 24.1 Å². The Labute approximate surface area is 129 Å². The summed E-state index contributed by atoms with van der Waals surface area (Å²) in [6.45, 7) is 2.79. The quantitative estimate of drug-likeness (QED) is 0.897. The molecule has 2 aromatic heterocycles. The lowest BCUT2D eigenvalue weighted by atomic mass is 10.1. The summed E-state index contributed by atoms with van der Waals surface area (Å²) < 4.78 is 2.04. The molecule has 1 saturated carbocycles. The fraction of sp³-hybridized carbons (Fsp3) is 0.438. The van der Waals surface area contributed by atoms with Gasteiger partial charge in [0.15, 0.2) is 0 Å². The van der Waals surface area contributed by atoms with Gasteiger partial charge >= 0.3 is 0 Å². The molecule has 0 aliphatic heterocycles. The predicted octanol–water partition coefficient (Wildman–Crippen LogP) is 1.71. The molecule has 3 atom stereocenters. The number of imidazole rings is 1. The lowest BCUT2D eigenvalue weighted by Crippen LogP contribution is -2.28. The number of aromatic nitrogens is 3. The Morgan fingerprint density at radius 1 is 1.45 bits per heavy atom. The monoisotopic (exact) mass is 297 g/mol. The van der Waals surface area contributed by atoms with E-state index in [1.54, 1.807) is 18.6 Å². The van der Waals surface area contributed by atoms with Gasteiger partial charge in [-0.3, -0.25) is 0 Å². The zero-order valence-corrected chi connectivity index (χ0v) is 12.5. The first-order valence-corrected chi connectivity index (χ1v) is 7.43. The van der Waals surface area contributed by atoms with E-state index in [2.05, 4.69) is 21.4 Å². The van der Waals surface area contributed by atoms with Gasteiger partial charge in [0, 0.05) is 18.9 Å². The molecule has 1 unspecified atom stereocenters. The second kappa shape index (κ2) is 6.16. The van der Waals surface area contributed by atoms with Gasteiger partial charge in [-0.2, -0.15) is 5.26 Å². The average molecular weight is 297 g/mol. The molecule has 114 valence electrons. The van der Waals surface area contributed by atoms with Crippen LogP contribution in [0.2, 0.25) is 0 Å². The molecule has 2 N–H and O–H groups in total. The van der Waals surface area contributed by atoms with E-state index < -0.39 is 6.10 Å². The van der Waals surface area contributed by atoms with Gasteiger partial charge in [-0.1, -0.05) is 0 Å². The summed E-state index contributed by atoms with van der Waals surface area (Å²) in [5.74, 6) is 1.06. The summed E-state index contributed by atoms with van der Waals surface area (Å²) in [4.78, 5) is 8.30. The van der Waals surface area contributed by atoms with Crippen LogP contribution >= 0.6 is 0 Å². The van der Waals surface area contributed by atoms with Gasteiger partial charge in [0.2, 0.25) is 0 Å². The maximum Gasteiger partial charge on any atom is 0.143 e. The van der Waals surface area contributed by atoms with Crippen LogP contribution in [0, 0.1) is 24.2 Å². The lowest BCUT2D eigenvalue weighted by molar-refractivity contribution is 0.166. The van der Waals surface area contributed by atoms with E-state index >= 15 is 0 Å². The summed E-state index contributed by atoms with van der Waals surface area (Å²) >= 11 is 0. The first kappa shape index (κ1) is 14.5. The van der Waals surface area contributed by atoms with Crippen LogP contribution in [0.3, 0.4) is 0 Å². The van der Waals surface area contributed by atoms with Crippen molar-refractivity contribution in [2.45, 2.75) is 38.5 Å². The van der Waals surface area contributed by atoms with Crippen LogP contribution in [0.4, 0.5) is 5.82 Å².